The van der Waals surface area contributed by atoms with Gasteiger partial charge in [0.2, 0.25) is 11.8 Å². The van der Waals surface area contributed by atoms with Gasteiger partial charge in [0.25, 0.3) is 0 Å². The molecule has 2 amide bonds. The highest BCUT2D eigenvalue weighted by Gasteiger charge is 2.33. The van der Waals surface area contributed by atoms with E-state index in [4.69, 9.17) is 0 Å². The quantitative estimate of drug-likeness (QED) is 0.882. The molecule has 118 valence electrons. The molecule has 2 aliphatic rings. The van der Waals surface area contributed by atoms with Crippen molar-refractivity contribution in [1.29, 1.82) is 0 Å². The van der Waals surface area contributed by atoms with Gasteiger partial charge >= 0.3 is 0 Å². The van der Waals surface area contributed by atoms with Gasteiger partial charge in [-0.2, -0.15) is 0 Å². The second-order valence-corrected chi connectivity index (χ2v) is 6.22. The van der Waals surface area contributed by atoms with Crippen molar-refractivity contribution >= 4 is 17.5 Å². The Kier molecular flexibility index (Phi) is 4.43. The molecule has 2 heterocycles. The summed E-state index contributed by atoms with van der Waals surface area (Å²) in [7, 11) is 0. The van der Waals surface area contributed by atoms with Gasteiger partial charge < -0.3 is 15.5 Å². The van der Waals surface area contributed by atoms with Crippen LogP contribution in [0.5, 0.6) is 0 Å². The van der Waals surface area contributed by atoms with Crippen molar-refractivity contribution in [2.45, 2.75) is 32.2 Å². The second kappa shape index (κ2) is 6.48. The maximum Gasteiger partial charge on any atom is 0.249 e. The van der Waals surface area contributed by atoms with E-state index in [9.17, 15) is 9.59 Å². The first kappa shape index (κ1) is 15.0. The lowest BCUT2D eigenvalue weighted by Crippen LogP contribution is -2.53. The average Bonchev–Trinajstić information content (AvgIpc) is 3.05. The number of anilines is 1. The van der Waals surface area contributed by atoms with E-state index in [2.05, 4.69) is 10.6 Å². The monoisotopic (exact) mass is 301 g/mol. The van der Waals surface area contributed by atoms with Crippen molar-refractivity contribution in [3.05, 3.63) is 29.8 Å². The van der Waals surface area contributed by atoms with Crippen LogP contribution in [0.3, 0.4) is 0 Å². The van der Waals surface area contributed by atoms with Crippen LogP contribution in [0.15, 0.2) is 24.3 Å². The molecule has 0 bridgehead atoms. The molecule has 2 N–H and O–H groups in total. The molecule has 2 saturated heterocycles. The first-order chi connectivity index (χ1) is 10.6. The molecule has 1 aromatic carbocycles. The van der Waals surface area contributed by atoms with Gasteiger partial charge in [0.15, 0.2) is 0 Å². The van der Waals surface area contributed by atoms with Gasteiger partial charge in [0, 0.05) is 18.8 Å². The molecule has 3 rings (SSSR count). The van der Waals surface area contributed by atoms with Crippen molar-refractivity contribution in [3.63, 3.8) is 0 Å². The lowest BCUT2D eigenvalue weighted by molar-refractivity contribution is -0.130. The summed E-state index contributed by atoms with van der Waals surface area (Å²) in [5.74, 6) is 0.0195. The van der Waals surface area contributed by atoms with E-state index in [1.54, 1.807) is 4.90 Å². The Bertz CT molecular complexity index is 550. The van der Waals surface area contributed by atoms with E-state index < -0.39 is 0 Å². The second-order valence-electron chi connectivity index (χ2n) is 6.22. The third kappa shape index (κ3) is 3.14. The Labute approximate surface area is 131 Å². The van der Waals surface area contributed by atoms with E-state index in [1.165, 1.54) is 5.56 Å². The van der Waals surface area contributed by atoms with Crippen LogP contribution in [0.1, 0.15) is 24.8 Å². The minimum Gasteiger partial charge on any atom is -0.344 e. The van der Waals surface area contributed by atoms with Gasteiger partial charge in [-0.3, -0.25) is 9.59 Å². The van der Waals surface area contributed by atoms with Gasteiger partial charge in [0.1, 0.15) is 6.04 Å². The van der Waals surface area contributed by atoms with Gasteiger partial charge in [-0.05, 0) is 44.9 Å². The number of benzene rings is 1. The number of aryl methyl sites for hydroxylation is 1. The number of amides is 2. The van der Waals surface area contributed by atoms with Gasteiger partial charge in [0.05, 0.1) is 5.92 Å². The van der Waals surface area contributed by atoms with Crippen molar-refractivity contribution in [2.75, 3.05) is 24.5 Å². The number of hydrogen-bond donors (Lipinski definition) is 2. The molecule has 0 spiro atoms. The third-order valence-corrected chi connectivity index (χ3v) is 4.53. The molecule has 5 nitrogen and oxygen atoms in total. The van der Waals surface area contributed by atoms with Crippen molar-refractivity contribution in [3.8, 4) is 0 Å². The summed E-state index contributed by atoms with van der Waals surface area (Å²) in [5.41, 5.74) is 2.09. The smallest absolute Gasteiger partial charge is 0.249 e. The molecule has 1 aromatic rings. The maximum atomic E-state index is 12.7. The van der Waals surface area contributed by atoms with Crippen LogP contribution in [0.25, 0.3) is 0 Å². The predicted molar refractivity (Wildman–Crippen MR) is 85.7 cm³/mol. The fraction of sp³-hybridized carbons (Fsp3) is 0.529. The van der Waals surface area contributed by atoms with Crippen LogP contribution in [-0.2, 0) is 9.59 Å². The van der Waals surface area contributed by atoms with Crippen molar-refractivity contribution in [2.24, 2.45) is 5.92 Å². The highest BCUT2D eigenvalue weighted by molar-refractivity contribution is 6.00. The zero-order valence-corrected chi connectivity index (χ0v) is 13.0. The summed E-state index contributed by atoms with van der Waals surface area (Å²) in [6, 6.07) is 7.57. The number of nitrogens with one attached hydrogen (secondary N) is 2. The first-order valence-corrected chi connectivity index (χ1v) is 8.04. The Hall–Kier alpha value is -1.88. The Morgan fingerprint density at radius 3 is 2.73 bits per heavy atom. The summed E-state index contributed by atoms with van der Waals surface area (Å²) >= 11 is 0. The summed E-state index contributed by atoms with van der Waals surface area (Å²) in [6.45, 7) is 4.35. The maximum absolute atomic E-state index is 12.7. The molecule has 0 saturated carbocycles. The Morgan fingerprint density at radius 1 is 1.27 bits per heavy atom. The highest BCUT2D eigenvalue weighted by atomic mass is 16.2. The number of carbonyl (C=O) groups is 2. The van der Waals surface area contributed by atoms with Crippen LogP contribution in [0.2, 0.25) is 0 Å². The van der Waals surface area contributed by atoms with Crippen LogP contribution in [0.4, 0.5) is 5.69 Å². The summed E-state index contributed by atoms with van der Waals surface area (Å²) in [5, 5.41) is 6.14. The lowest BCUT2D eigenvalue weighted by Gasteiger charge is -2.33. The lowest BCUT2D eigenvalue weighted by atomic mass is 10.0. The summed E-state index contributed by atoms with van der Waals surface area (Å²) in [4.78, 5) is 26.7. The zero-order valence-electron chi connectivity index (χ0n) is 13.0. The van der Waals surface area contributed by atoms with E-state index in [-0.39, 0.29) is 23.8 Å². The Balaban J connectivity index is 1.67. The van der Waals surface area contributed by atoms with Crippen LogP contribution in [-0.4, -0.2) is 37.5 Å². The number of carbonyl (C=O) groups excluding carboxylic acids is 2. The molecular weight excluding hydrogens is 278 g/mol. The molecule has 2 fully saturated rings. The van der Waals surface area contributed by atoms with E-state index >= 15 is 0 Å². The standard InChI is InChI=1S/C17H23N3O2/c1-12-4-6-14(7-5-12)20-10-2-3-15(17(20)22)19-16(21)13-8-9-18-11-13/h4-7,13,15,18H,2-3,8-11H2,1H3,(H,19,21). The number of hydrogen-bond acceptors (Lipinski definition) is 3. The van der Waals surface area contributed by atoms with E-state index in [1.807, 2.05) is 31.2 Å². The predicted octanol–water partition coefficient (Wildman–Crippen LogP) is 1.22. The van der Waals surface area contributed by atoms with Gasteiger partial charge in [-0.15, -0.1) is 0 Å². The largest absolute Gasteiger partial charge is 0.344 e. The fourth-order valence-corrected chi connectivity index (χ4v) is 3.16. The summed E-state index contributed by atoms with van der Waals surface area (Å²) in [6.07, 6.45) is 2.50. The van der Waals surface area contributed by atoms with Gasteiger partial charge in [-0.1, -0.05) is 17.7 Å². The molecular formula is C17H23N3O2. The average molecular weight is 301 g/mol. The van der Waals surface area contributed by atoms with Crippen LogP contribution < -0.4 is 15.5 Å². The van der Waals surface area contributed by atoms with Crippen molar-refractivity contribution < 1.29 is 9.59 Å². The number of piperidine rings is 1. The highest BCUT2D eigenvalue weighted by Crippen LogP contribution is 2.22. The minimum absolute atomic E-state index is 0.00236. The normalized spacial score (nSPS) is 25.3. The first-order valence-electron chi connectivity index (χ1n) is 8.04. The molecule has 2 unspecified atom stereocenters. The third-order valence-electron chi connectivity index (χ3n) is 4.53. The van der Waals surface area contributed by atoms with Crippen LogP contribution in [0, 0.1) is 12.8 Å². The molecule has 0 aliphatic carbocycles. The molecule has 5 heteroatoms. The topological polar surface area (TPSA) is 61.4 Å². The van der Waals surface area contributed by atoms with Crippen LogP contribution >= 0.6 is 0 Å². The van der Waals surface area contributed by atoms with E-state index in [0.717, 1.165) is 38.0 Å². The summed E-state index contributed by atoms with van der Waals surface area (Å²) < 4.78 is 0. The van der Waals surface area contributed by atoms with Gasteiger partial charge in [-0.25, -0.2) is 0 Å². The molecule has 2 aliphatic heterocycles. The fourth-order valence-electron chi connectivity index (χ4n) is 3.16. The molecule has 22 heavy (non-hydrogen) atoms. The molecule has 0 aromatic heterocycles. The number of nitrogens with zero attached hydrogens (tertiary/aromatic N) is 1. The number of rotatable bonds is 3. The zero-order chi connectivity index (χ0) is 15.5. The minimum atomic E-state index is -0.386. The van der Waals surface area contributed by atoms with Crippen molar-refractivity contribution in [1.82, 2.24) is 10.6 Å². The molecule has 0 radical (unpaired) electrons. The Morgan fingerprint density at radius 2 is 2.05 bits per heavy atom. The molecule has 2 atom stereocenters. The van der Waals surface area contributed by atoms with E-state index in [0.29, 0.717) is 6.54 Å². The SMILES string of the molecule is Cc1ccc(N2CCCC(NC(=O)C3CCNC3)C2=O)cc1.